The second-order valence-corrected chi connectivity index (χ2v) is 10.9. The van der Waals surface area contributed by atoms with Gasteiger partial charge in [0.1, 0.15) is 0 Å². The van der Waals surface area contributed by atoms with Gasteiger partial charge in [-0.15, -0.1) is 0 Å². The average molecular weight is 279 g/mol. The third-order valence-corrected chi connectivity index (χ3v) is 5.12. The van der Waals surface area contributed by atoms with Crippen molar-refractivity contribution in [1.82, 2.24) is 0 Å². The zero-order valence-corrected chi connectivity index (χ0v) is 11.9. The van der Waals surface area contributed by atoms with Gasteiger partial charge in [0.05, 0.1) is 8.07 Å². The summed E-state index contributed by atoms with van der Waals surface area (Å²) in [7, 11) is -1.26. The molecule has 15 heavy (non-hydrogen) atoms. The van der Waals surface area contributed by atoms with Crippen molar-refractivity contribution in [3.63, 3.8) is 0 Å². The van der Waals surface area contributed by atoms with Crippen LogP contribution in [0.1, 0.15) is 0 Å². The van der Waals surface area contributed by atoms with Crippen molar-refractivity contribution in [1.29, 1.82) is 0 Å². The van der Waals surface area contributed by atoms with E-state index < -0.39 is 8.07 Å². The Kier molecular flexibility index (Phi) is 2.73. The van der Waals surface area contributed by atoms with Gasteiger partial charge in [0.25, 0.3) is 0 Å². The molecule has 0 aliphatic rings. The molecule has 0 bridgehead atoms. The van der Waals surface area contributed by atoms with E-state index in [2.05, 4.69) is 72.0 Å². The maximum absolute atomic E-state index is 3.60. The van der Waals surface area contributed by atoms with Crippen LogP contribution in [0.2, 0.25) is 19.6 Å². The highest BCUT2D eigenvalue weighted by atomic mass is 79.9. The summed E-state index contributed by atoms with van der Waals surface area (Å²) >= 11 is 3.60. The largest absolute Gasteiger partial charge is 0.0784 e. The number of hydrogen-bond donors (Lipinski definition) is 0. The zero-order valence-electron chi connectivity index (χ0n) is 9.34. The van der Waals surface area contributed by atoms with Gasteiger partial charge in [0.2, 0.25) is 0 Å². The minimum atomic E-state index is -1.26. The minimum Gasteiger partial charge on any atom is -0.0656 e. The molecule has 0 spiro atoms. The number of fused-ring (bicyclic) bond motifs is 1. The molecule has 0 saturated carbocycles. The topological polar surface area (TPSA) is 0 Å². The van der Waals surface area contributed by atoms with Crippen LogP contribution in [0.25, 0.3) is 10.8 Å². The van der Waals surface area contributed by atoms with Crippen molar-refractivity contribution >= 4 is 40.0 Å². The monoisotopic (exact) mass is 278 g/mol. The zero-order chi connectivity index (χ0) is 11.1. The van der Waals surface area contributed by atoms with E-state index in [1.54, 1.807) is 0 Å². The lowest BCUT2D eigenvalue weighted by atomic mass is 10.1. The fraction of sp³-hybridized carbons (Fsp3) is 0.231. The van der Waals surface area contributed by atoms with Crippen LogP contribution < -0.4 is 5.19 Å². The Hall–Kier alpha value is -0.603. The first kappa shape index (κ1) is 10.9. The van der Waals surface area contributed by atoms with E-state index in [-0.39, 0.29) is 0 Å². The van der Waals surface area contributed by atoms with E-state index in [0.29, 0.717) is 0 Å². The Morgan fingerprint density at radius 2 is 1.67 bits per heavy atom. The molecule has 0 aliphatic carbocycles. The summed E-state index contributed by atoms with van der Waals surface area (Å²) in [6.07, 6.45) is 0. The number of rotatable bonds is 1. The van der Waals surface area contributed by atoms with Crippen LogP contribution >= 0.6 is 15.9 Å². The predicted octanol–water partition coefficient (Wildman–Crippen LogP) is 4.15. The quantitative estimate of drug-likeness (QED) is 0.688. The smallest absolute Gasteiger partial charge is 0.0656 e. The van der Waals surface area contributed by atoms with Crippen LogP contribution in [-0.4, -0.2) is 8.07 Å². The number of hydrogen-bond acceptors (Lipinski definition) is 0. The Bertz CT molecular complexity index is 497. The molecule has 2 aromatic rings. The molecule has 0 heterocycles. The van der Waals surface area contributed by atoms with Crippen LogP contribution in [0.4, 0.5) is 0 Å². The van der Waals surface area contributed by atoms with Crippen molar-refractivity contribution < 1.29 is 0 Å². The molecule has 2 heteroatoms. The van der Waals surface area contributed by atoms with Crippen molar-refractivity contribution in [3.05, 3.63) is 40.9 Å². The van der Waals surface area contributed by atoms with Crippen LogP contribution in [0.5, 0.6) is 0 Å². The molecule has 2 rings (SSSR count). The van der Waals surface area contributed by atoms with Gasteiger partial charge in [-0.05, 0) is 22.9 Å². The number of benzene rings is 2. The summed E-state index contributed by atoms with van der Waals surface area (Å²) in [5.41, 5.74) is 0. The summed E-state index contributed by atoms with van der Waals surface area (Å²) in [6, 6.07) is 13.1. The Labute approximate surface area is 100 Å². The molecule has 0 saturated heterocycles. The lowest BCUT2D eigenvalue weighted by Crippen LogP contribution is -2.38. The Balaban J connectivity index is 2.83. The fourth-order valence-electron chi connectivity index (χ4n) is 1.89. The van der Waals surface area contributed by atoms with Crippen LogP contribution in [-0.2, 0) is 0 Å². The molecule has 0 radical (unpaired) electrons. The molecular formula is C13H15BrSi. The molecule has 0 N–H and O–H groups in total. The van der Waals surface area contributed by atoms with E-state index in [1.807, 2.05) is 0 Å². The summed E-state index contributed by atoms with van der Waals surface area (Å²) in [5, 5.41) is 4.29. The highest BCUT2D eigenvalue weighted by Gasteiger charge is 2.19. The molecule has 0 nitrogen and oxygen atoms in total. The maximum atomic E-state index is 3.60. The van der Waals surface area contributed by atoms with Gasteiger partial charge in [0, 0.05) is 4.47 Å². The molecule has 0 aliphatic heterocycles. The molecule has 0 atom stereocenters. The molecule has 78 valence electrons. The number of halogens is 1. The van der Waals surface area contributed by atoms with E-state index in [1.165, 1.54) is 20.4 Å². The third-order valence-electron chi connectivity index (χ3n) is 2.63. The van der Waals surface area contributed by atoms with Gasteiger partial charge < -0.3 is 0 Å². The van der Waals surface area contributed by atoms with E-state index in [0.717, 1.165) is 0 Å². The molecule has 0 unspecified atom stereocenters. The van der Waals surface area contributed by atoms with Crippen LogP contribution in [0.3, 0.4) is 0 Å². The van der Waals surface area contributed by atoms with Crippen molar-refractivity contribution in [2.24, 2.45) is 0 Å². The van der Waals surface area contributed by atoms with Gasteiger partial charge in [0.15, 0.2) is 0 Å². The Morgan fingerprint density at radius 3 is 2.33 bits per heavy atom. The van der Waals surface area contributed by atoms with Gasteiger partial charge in [-0.25, -0.2) is 0 Å². The third kappa shape index (κ3) is 2.16. The standard InChI is InChI=1S/C13H15BrSi/c1-15(2,3)13-9-11(14)8-10-6-4-5-7-12(10)13/h4-9H,1-3H3. The van der Waals surface area contributed by atoms with Crippen LogP contribution in [0, 0.1) is 0 Å². The fourth-order valence-corrected chi connectivity index (χ4v) is 4.21. The van der Waals surface area contributed by atoms with Gasteiger partial charge in [-0.2, -0.15) is 0 Å². The summed E-state index contributed by atoms with van der Waals surface area (Å²) in [6.45, 7) is 7.17. The molecule has 0 fully saturated rings. The summed E-state index contributed by atoms with van der Waals surface area (Å²) < 4.78 is 1.19. The second kappa shape index (κ2) is 3.76. The first-order chi connectivity index (χ1) is 6.98. The van der Waals surface area contributed by atoms with Crippen molar-refractivity contribution in [2.75, 3.05) is 0 Å². The second-order valence-electron chi connectivity index (χ2n) is 4.92. The van der Waals surface area contributed by atoms with Gasteiger partial charge >= 0.3 is 0 Å². The predicted molar refractivity (Wildman–Crippen MR) is 74.6 cm³/mol. The first-order valence-corrected chi connectivity index (χ1v) is 9.46. The van der Waals surface area contributed by atoms with Gasteiger partial charge in [-0.3, -0.25) is 0 Å². The molecule has 2 aromatic carbocycles. The average Bonchev–Trinajstić information content (AvgIpc) is 2.15. The highest BCUT2D eigenvalue weighted by molar-refractivity contribution is 9.10. The van der Waals surface area contributed by atoms with E-state index in [4.69, 9.17) is 0 Å². The van der Waals surface area contributed by atoms with E-state index in [9.17, 15) is 0 Å². The van der Waals surface area contributed by atoms with E-state index >= 15 is 0 Å². The Morgan fingerprint density at radius 1 is 1.00 bits per heavy atom. The first-order valence-electron chi connectivity index (χ1n) is 5.17. The summed E-state index contributed by atoms with van der Waals surface area (Å²) in [5.74, 6) is 0. The SMILES string of the molecule is C[Si](C)(C)c1cc(Br)cc2ccccc12. The normalized spacial score (nSPS) is 12.0. The lowest BCUT2D eigenvalue weighted by molar-refractivity contribution is 1.68. The van der Waals surface area contributed by atoms with Crippen LogP contribution in [0.15, 0.2) is 40.9 Å². The molecule has 0 amide bonds. The van der Waals surface area contributed by atoms with Gasteiger partial charge in [-0.1, -0.05) is 65.0 Å². The highest BCUT2D eigenvalue weighted by Crippen LogP contribution is 2.20. The summed E-state index contributed by atoms with van der Waals surface area (Å²) in [4.78, 5) is 0. The lowest BCUT2D eigenvalue weighted by Gasteiger charge is -2.19. The molecule has 0 aromatic heterocycles. The molecular weight excluding hydrogens is 264 g/mol. The maximum Gasteiger partial charge on any atom is 0.0784 e. The minimum absolute atomic E-state index is 1.19. The van der Waals surface area contributed by atoms with Crippen molar-refractivity contribution in [2.45, 2.75) is 19.6 Å². The van der Waals surface area contributed by atoms with Crippen molar-refractivity contribution in [3.8, 4) is 0 Å².